The number of anilines is 3. The molecular weight excluding hydrogens is 372 g/mol. The van der Waals surface area contributed by atoms with Crippen LogP contribution >= 0.6 is 11.3 Å². The molecule has 2 amide bonds. The molecule has 1 aromatic carbocycles. The summed E-state index contributed by atoms with van der Waals surface area (Å²) in [6.45, 7) is 5.99. The number of nitrogens with one attached hydrogen (secondary N) is 1. The Balaban J connectivity index is 0.00000136. The maximum absolute atomic E-state index is 12.8. The van der Waals surface area contributed by atoms with Gasteiger partial charge in [-0.3, -0.25) is 9.69 Å². The number of urea groups is 1. The largest absolute Gasteiger partial charge is 0.377 e. The number of carbonyl (C=O) groups is 2. The highest BCUT2D eigenvalue weighted by Gasteiger charge is 2.21. The molecule has 0 radical (unpaired) electrons. The van der Waals surface area contributed by atoms with Crippen LogP contribution < -0.4 is 15.1 Å². The van der Waals surface area contributed by atoms with Gasteiger partial charge in [0.1, 0.15) is 4.83 Å². The number of pyridine rings is 1. The van der Waals surface area contributed by atoms with Crippen molar-refractivity contribution < 1.29 is 9.59 Å². The van der Waals surface area contributed by atoms with Crippen LogP contribution in [-0.2, 0) is 0 Å². The Morgan fingerprint density at radius 3 is 2.32 bits per heavy atom. The number of aryl methyl sites for hydroxylation is 1. The molecule has 6 nitrogen and oxygen atoms in total. The molecule has 28 heavy (non-hydrogen) atoms. The highest BCUT2D eigenvalue weighted by molar-refractivity contribution is 7.21. The van der Waals surface area contributed by atoms with E-state index in [2.05, 4.69) is 10.3 Å². The van der Waals surface area contributed by atoms with Gasteiger partial charge in [-0.15, -0.1) is 11.3 Å². The van der Waals surface area contributed by atoms with Gasteiger partial charge in [0.05, 0.1) is 21.6 Å². The molecule has 2 aromatic heterocycles. The van der Waals surface area contributed by atoms with Crippen molar-refractivity contribution in [2.75, 3.05) is 36.3 Å². The molecule has 0 unspecified atom stereocenters. The number of carbonyl (C=O) groups excluding carboxylic acids is 2. The van der Waals surface area contributed by atoms with Crippen LogP contribution in [0.2, 0.25) is 0 Å². The molecule has 7 heteroatoms. The molecule has 1 N–H and O–H groups in total. The maximum Gasteiger partial charge on any atom is 0.326 e. The first-order valence-electron chi connectivity index (χ1n) is 9.07. The summed E-state index contributed by atoms with van der Waals surface area (Å²) < 4.78 is 0. The van der Waals surface area contributed by atoms with E-state index in [0.29, 0.717) is 15.4 Å². The van der Waals surface area contributed by atoms with Crippen LogP contribution in [-0.4, -0.2) is 38.4 Å². The average molecular weight is 399 g/mol. The average Bonchev–Trinajstić information content (AvgIpc) is 3.07. The quantitative estimate of drug-likeness (QED) is 0.615. The zero-order chi connectivity index (χ0) is 20.8. The SMILES string of the molecule is CC.Cc1ccc(N(C)C(=O)Nc2c(C=O)sc3nccc(N(C)C)c23)cc1. The van der Waals surface area contributed by atoms with Crippen molar-refractivity contribution in [3.8, 4) is 0 Å². The fourth-order valence-corrected chi connectivity index (χ4v) is 3.61. The highest BCUT2D eigenvalue weighted by Crippen LogP contribution is 2.39. The van der Waals surface area contributed by atoms with Crippen molar-refractivity contribution in [3.05, 3.63) is 47.0 Å². The maximum atomic E-state index is 12.8. The second kappa shape index (κ2) is 9.32. The Labute approximate surface area is 169 Å². The molecule has 0 aliphatic heterocycles. The number of aldehydes is 1. The van der Waals surface area contributed by atoms with Gasteiger partial charge in [-0.1, -0.05) is 31.5 Å². The minimum atomic E-state index is -0.315. The Morgan fingerprint density at radius 1 is 1.11 bits per heavy atom. The normalized spacial score (nSPS) is 10.1. The summed E-state index contributed by atoms with van der Waals surface area (Å²) >= 11 is 1.27. The number of thiophene rings is 1. The third-order valence-electron chi connectivity index (χ3n) is 4.14. The second-order valence-electron chi connectivity index (χ2n) is 6.19. The number of nitrogens with zero attached hydrogens (tertiary/aromatic N) is 3. The summed E-state index contributed by atoms with van der Waals surface area (Å²) in [5.41, 5.74) is 3.29. The molecule has 0 aliphatic carbocycles. The van der Waals surface area contributed by atoms with E-state index >= 15 is 0 Å². The lowest BCUT2D eigenvalue weighted by Crippen LogP contribution is -2.31. The van der Waals surface area contributed by atoms with Crippen LogP contribution in [0, 0.1) is 6.92 Å². The first-order valence-corrected chi connectivity index (χ1v) is 9.89. The predicted molar refractivity (Wildman–Crippen MR) is 119 cm³/mol. The standard InChI is InChI=1S/C19H20N4O2S.C2H6/c1-12-5-7-13(8-6-12)23(4)19(25)21-17-15(11-24)26-18-16(17)14(22(2)3)9-10-20-18;1-2/h5-11H,1-4H3,(H,21,25);1-2H3. The van der Waals surface area contributed by atoms with E-state index in [9.17, 15) is 9.59 Å². The van der Waals surface area contributed by atoms with Gasteiger partial charge in [-0.25, -0.2) is 9.78 Å². The summed E-state index contributed by atoms with van der Waals surface area (Å²) in [5, 5.41) is 3.67. The number of hydrogen-bond acceptors (Lipinski definition) is 5. The number of amides is 2. The van der Waals surface area contributed by atoms with E-state index in [4.69, 9.17) is 0 Å². The van der Waals surface area contributed by atoms with E-state index in [-0.39, 0.29) is 6.03 Å². The van der Waals surface area contributed by atoms with Crippen molar-refractivity contribution in [2.45, 2.75) is 20.8 Å². The molecular formula is C21H26N4O2S. The van der Waals surface area contributed by atoms with E-state index in [0.717, 1.165) is 28.6 Å². The first-order chi connectivity index (χ1) is 13.4. The van der Waals surface area contributed by atoms with Crippen LogP contribution in [0.5, 0.6) is 0 Å². The third kappa shape index (κ3) is 4.31. The van der Waals surface area contributed by atoms with Gasteiger partial charge in [-0.2, -0.15) is 0 Å². The number of fused-ring (bicyclic) bond motifs is 1. The molecule has 3 aromatic rings. The van der Waals surface area contributed by atoms with Crippen LogP contribution in [0.15, 0.2) is 36.5 Å². The van der Waals surface area contributed by atoms with Gasteiger partial charge in [0, 0.05) is 33.0 Å². The Kier molecular flexibility index (Phi) is 7.12. The first kappa shape index (κ1) is 21.4. The zero-order valence-electron chi connectivity index (χ0n) is 17.1. The number of aromatic nitrogens is 1. The number of rotatable bonds is 4. The van der Waals surface area contributed by atoms with Gasteiger partial charge in [-0.05, 0) is 25.1 Å². The van der Waals surface area contributed by atoms with E-state index in [1.165, 1.54) is 16.2 Å². The van der Waals surface area contributed by atoms with Gasteiger partial charge >= 0.3 is 6.03 Å². The fraction of sp³-hybridized carbons (Fsp3) is 0.286. The molecule has 0 saturated heterocycles. The van der Waals surface area contributed by atoms with Crippen molar-refractivity contribution in [2.24, 2.45) is 0 Å². The van der Waals surface area contributed by atoms with Gasteiger partial charge < -0.3 is 10.2 Å². The fourth-order valence-electron chi connectivity index (χ4n) is 2.68. The topological polar surface area (TPSA) is 65.5 Å². The molecule has 0 bridgehead atoms. The van der Waals surface area contributed by atoms with Crippen molar-refractivity contribution >= 4 is 50.9 Å². The lowest BCUT2D eigenvalue weighted by Gasteiger charge is -2.19. The molecule has 0 saturated carbocycles. The lowest BCUT2D eigenvalue weighted by molar-refractivity contribution is 0.112. The Hall–Kier alpha value is -2.93. The zero-order valence-corrected chi connectivity index (χ0v) is 17.9. The second-order valence-corrected chi connectivity index (χ2v) is 7.22. The number of hydrogen-bond donors (Lipinski definition) is 1. The molecule has 148 valence electrons. The molecule has 0 spiro atoms. The van der Waals surface area contributed by atoms with Crippen LogP contribution in [0.25, 0.3) is 10.2 Å². The Bertz CT molecular complexity index is 964. The summed E-state index contributed by atoms with van der Waals surface area (Å²) in [6, 6.07) is 9.21. The Morgan fingerprint density at radius 2 is 1.75 bits per heavy atom. The van der Waals surface area contributed by atoms with Crippen LogP contribution in [0.1, 0.15) is 29.1 Å². The van der Waals surface area contributed by atoms with Crippen LogP contribution in [0.3, 0.4) is 0 Å². The molecule has 0 fully saturated rings. The monoisotopic (exact) mass is 398 g/mol. The summed E-state index contributed by atoms with van der Waals surface area (Å²) in [7, 11) is 5.52. The van der Waals surface area contributed by atoms with Crippen molar-refractivity contribution in [1.29, 1.82) is 0 Å². The third-order valence-corrected chi connectivity index (χ3v) is 5.17. The van der Waals surface area contributed by atoms with E-state index in [1.807, 2.05) is 70.1 Å². The summed E-state index contributed by atoms with van der Waals surface area (Å²) in [4.78, 5) is 33.3. The van der Waals surface area contributed by atoms with Gasteiger partial charge in [0.15, 0.2) is 6.29 Å². The lowest BCUT2D eigenvalue weighted by atomic mass is 10.2. The minimum absolute atomic E-state index is 0.315. The summed E-state index contributed by atoms with van der Waals surface area (Å²) in [5.74, 6) is 0. The van der Waals surface area contributed by atoms with Gasteiger partial charge in [0.2, 0.25) is 0 Å². The van der Waals surface area contributed by atoms with Crippen LogP contribution in [0.4, 0.5) is 21.9 Å². The van der Waals surface area contributed by atoms with Crippen molar-refractivity contribution in [1.82, 2.24) is 4.98 Å². The minimum Gasteiger partial charge on any atom is -0.377 e. The predicted octanol–water partition coefficient (Wildman–Crippen LogP) is 5.18. The summed E-state index contributed by atoms with van der Waals surface area (Å²) in [6.07, 6.45) is 2.46. The highest BCUT2D eigenvalue weighted by atomic mass is 32.1. The molecule has 0 atom stereocenters. The van der Waals surface area contributed by atoms with Gasteiger partial charge in [0.25, 0.3) is 0 Å². The molecule has 3 rings (SSSR count). The van der Waals surface area contributed by atoms with E-state index in [1.54, 1.807) is 13.2 Å². The van der Waals surface area contributed by atoms with Crippen molar-refractivity contribution in [3.63, 3.8) is 0 Å². The number of benzene rings is 1. The molecule has 2 heterocycles. The van der Waals surface area contributed by atoms with E-state index < -0.39 is 0 Å². The molecule has 0 aliphatic rings. The smallest absolute Gasteiger partial charge is 0.326 e.